The molecule has 4 heteroatoms. The van der Waals surface area contributed by atoms with Crippen LogP contribution in [0.25, 0.3) is 11.3 Å². The molecule has 2 aliphatic rings. The van der Waals surface area contributed by atoms with Gasteiger partial charge in [-0.05, 0) is 25.8 Å². The van der Waals surface area contributed by atoms with Crippen molar-refractivity contribution < 1.29 is 0 Å². The molecule has 0 N–H and O–H groups in total. The molecule has 26 heavy (non-hydrogen) atoms. The van der Waals surface area contributed by atoms with Crippen molar-refractivity contribution in [2.75, 3.05) is 6.54 Å². The third kappa shape index (κ3) is 3.57. The normalized spacial score (nSPS) is 22.3. The van der Waals surface area contributed by atoms with Crippen LogP contribution in [0, 0.1) is 0 Å². The van der Waals surface area contributed by atoms with E-state index in [-0.39, 0.29) is 0 Å². The zero-order valence-corrected chi connectivity index (χ0v) is 16.1. The molecule has 140 valence electrons. The predicted molar refractivity (Wildman–Crippen MR) is 106 cm³/mol. The summed E-state index contributed by atoms with van der Waals surface area (Å²) in [6.07, 6.45) is 12.0. The Hall–Kier alpha value is -1.68. The standard InChI is InChI=1S/C22H32N4/c1-2-3-4-5-6-10-15-20-22-21(18-12-8-7-9-13-18)23-24-26(22)17-19-14-11-16-25(19)20/h7-9,12-13,19-20H,2-6,10-11,14-17H2,1H3/t19-,20-/m0/s1. The molecule has 4 nitrogen and oxygen atoms in total. The highest BCUT2D eigenvalue weighted by Crippen LogP contribution is 2.41. The molecule has 0 saturated carbocycles. The van der Waals surface area contributed by atoms with E-state index in [1.807, 2.05) is 0 Å². The highest BCUT2D eigenvalue weighted by atomic mass is 15.5. The van der Waals surface area contributed by atoms with E-state index in [4.69, 9.17) is 0 Å². The summed E-state index contributed by atoms with van der Waals surface area (Å²) in [6, 6.07) is 11.8. The Morgan fingerprint density at radius 3 is 2.69 bits per heavy atom. The van der Waals surface area contributed by atoms with E-state index in [0.29, 0.717) is 12.1 Å². The molecule has 0 unspecified atom stereocenters. The summed E-state index contributed by atoms with van der Waals surface area (Å²) in [5.41, 5.74) is 3.68. The van der Waals surface area contributed by atoms with Crippen molar-refractivity contribution in [2.24, 2.45) is 0 Å². The van der Waals surface area contributed by atoms with E-state index in [1.165, 1.54) is 75.6 Å². The predicted octanol–water partition coefficient (Wildman–Crippen LogP) is 5.21. The van der Waals surface area contributed by atoms with Gasteiger partial charge in [-0.25, -0.2) is 4.68 Å². The number of nitrogens with zero attached hydrogens (tertiary/aromatic N) is 4. The molecule has 4 rings (SSSR count). The minimum Gasteiger partial charge on any atom is -0.290 e. The zero-order valence-electron chi connectivity index (χ0n) is 16.1. The Morgan fingerprint density at radius 1 is 1.04 bits per heavy atom. The molecule has 1 fully saturated rings. The second kappa shape index (κ2) is 8.34. The first-order chi connectivity index (χ1) is 12.9. The lowest BCUT2D eigenvalue weighted by molar-refractivity contribution is 0.115. The Labute approximate surface area is 157 Å². The molecule has 1 aromatic heterocycles. The molecule has 0 spiro atoms. The van der Waals surface area contributed by atoms with Gasteiger partial charge in [0.1, 0.15) is 5.69 Å². The molecule has 0 amide bonds. The number of hydrogen-bond donors (Lipinski definition) is 0. The Bertz CT molecular complexity index is 693. The molecule has 3 heterocycles. The van der Waals surface area contributed by atoms with Crippen LogP contribution in [0.2, 0.25) is 0 Å². The van der Waals surface area contributed by atoms with Gasteiger partial charge in [-0.2, -0.15) is 0 Å². The molecule has 2 aromatic rings. The summed E-state index contributed by atoms with van der Waals surface area (Å²) in [7, 11) is 0. The first kappa shape index (κ1) is 17.7. The Balaban J connectivity index is 1.53. The topological polar surface area (TPSA) is 34.0 Å². The van der Waals surface area contributed by atoms with Gasteiger partial charge >= 0.3 is 0 Å². The summed E-state index contributed by atoms with van der Waals surface area (Å²) >= 11 is 0. The second-order valence-electron chi connectivity index (χ2n) is 7.98. The van der Waals surface area contributed by atoms with E-state index < -0.39 is 0 Å². The Kier molecular flexibility index (Phi) is 5.68. The van der Waals surface area contributed by atoms with Crippen molar-refractivity contribution >= 4 is 0 Å². The van der Waals surface area contributed by atoms with E-state index in [9.17, 15) is 0 Å². The maximum atomic E-state index is 4.60. The van der Waals surface area contributed by atoms with Gasteiger partial charge in [-0.1, -0.05) is 81.0 Å². The molecule has 1 saturated heterocycles. The van der Waals surface area contributed by atoms with Gasteiger partial charge in [0, 0.05) is 11.6 Å². The van der Waals surface area contributed by atoms with Crippen LogP contribution in [0.5, 0.6) is 0 Å². The molecular weight excluding hydrogens is 320 g/mol. The minimum absolute atomic E-state index is 0.493. The van der Waals surface area contributed by atoms with E-state index in [2.05, 4.69) is 57.1 Å². The number of aromatic nitrogens is 3. The van der Waals surface area contributed by atoms with Gasteiger partial charge in [-0.15, -0.1) is 5.10 Å². The van der Waals surface area contributed by atoms with Crippen LogP contribution < -0.4 is 0 Å². The van der Waals surface area contributed by atoms with Crippen LogP contribution in [-0.2, 0) is 6.54 Å². The van der Waals surface area contributed by atoms with Gasteiger partial charge < -0.3 is 0 Å². The van der Waals surface area contributed by atoms with Crippen LogP contribution in [0.15, 0.2) is 30.3 Å². The van der Waals surface area contributed by atoms with Crippen molar-refractivity contribution in [2.45, 2.75) is 83.3 Å². The average Bonchev–Trinajstić information content (AvgIpc) is 3.31. The maximum Gasteiger partial charge on any atom is 0.117 e. The second-order valence-corrected chi connectivity index (χ2v) is 7.98. The Morgan fingerprint density at radius 2 is 1.85 bits per heavy atom. The van der Waals surface area contributed by atoms with Gasteiger partial charge in [0.05, 0.1) is 18.3 Å². The maximum absolute atomic E-state index is 4.60. The van der Waals surface area contributed by atoms with Crippen LogP contribution in [-0.4, -0.2) is 32.5 Å². The highest BCUT2D eigenvalue weighted by Gasteiger charge is 2.39. The SMILES string of the molecule is CCCCCCCC[C@H]1c2c(-c3ccccc3)nnn2C[C@@H]2CCCN21. The third-order valence-corrected chi connectivity index (χ3v) is 6.17. The van der Waals surface area contributed by atoms with Crippen molar-refractivity contribution in [1.29, 1.82) is 0 Å². The molecule has 0 aliphatic carbocycles. The number of benzene rings is 1. The molecule has 2 aliphatic heterocycles. The molecule has 0 bridgehead atoms. The van der Waals surface area contributed by atoms with Crippen molar-refractivity contribution in [3.05, 3.63) is 36.0 Å². The first-order valence-corrected chi connectivity index (χ1v) is 10.6. The van der Waals surface area contributed by atoms with E-state index >= 15 is 0 Å². The van der Waals surface area contributed by atoms with Gasteiger partial charge in [0.25, 0.3) is 0 Å². The smallest absolute Gasteiger partial charge is 0.117 e. The summed E-state index contributed by atoms with van der Waals surface area (Å²) in [5, 5.41) is 9.15. The molecule has 2 atom stereocenters. The summed E-state index contributed by atoms with van der Waals surface area (Å²) in [5.74, 6) is 0. The lowest BCUT2D eigenvalue weighted by atomic mass is 9.96. The number of fused-ring (bicyclic) bond motifs is 2. The van der Waals surface area contributed by atoms with Crippen LogP contribution >= 0.6 is 0 Å². The monoisotopic (exact) mass is 352 g/mol. The number of unbranched alkanes of at least 4 members (excludes halogenated alkanes) is 5. The van der Waals surface area contributed by atoms with E-state index in [1.54, 1.807) is 0 Å². The van der Waals surface area contributed by atoms with Crippen molar-refractivity contribution in [3.63, 3.8) is 0 Å². The van der Waals surface area contributed by atoms with Gasteiger partial charge in [0.2, 0.25) is 0 Å². The van der Waals surface area contributed by atoms with E-state index in [0.717, 1.165) is 12.2 Å². The number of rotatable bonds is 8. The van der Waals surface area contributed by atoms with Crippen LogP contribution in [0.1, 0.15) is 76.4 Å². The fourth-order valence-electron chi connectivity index (χ4n) is 4.83. The third-order valence-electron chi connectivity index (χ3n) is 6.17. The van der Waals surface area contributed by atoms with Crippen LogP contribution in [0.3, 0.4) is 0 Å². The lowest BCUT2D eigenvalue weighted by Gasteiger charge is -2.38. The molecule has 0 radical (unpaired) electrons. The molecular formula is C22H32N4. The molecule has 1 aromatic carbocycles. The highest BCUT2D eigenvalue weighted by molar-refractivity contribution is 5.62. The fourth-order valence-corrected chi connectivity index (χ4v) is 4.83. The fraction of sp³-hybridized carbons (Fsp3) is 0.636. The largest absolute Gasteiger partial charge is 0.290 e. The summed E-state index contributed by atoms with van der Waals surface area (Å²) < 4.78 is 2.22. The van der Waals surface area contributed by atoms with Crippen molar-refractivity contribution in [1.82, 2.24) is 19.9 Å². The summed E-state index contributed by atoms with van der Waals surface area (Å²) in [6.45, 7) is 4.54. The number of hydrogen-bond acceptors (Lipinski definition) is 3. The van der Waals surface area contributed by atoms with Crippen molar-refractivity contribution in [3.8, 4) is 11.3 Å². The first-order valence-electron chi connectivity index (χ1n) is 10.6. The summed E-state index contributed by atoms with van der Waals surface area (Å²) in [4.78, 5) is 2.76. The van der Waals surface area contributed by atoms with Gasteiger partial charge in [-0.3, -0.25) is 4.90 Å². The van der Waals surface area contributed by atoms with Crippen LogP contribution in [0.4, 0.5) is 0 Å². The lowest BCUT2D eigenvalue weighted by Crippen LogP contribution is -2.42. The zero-order chi connectivity index (χ0) is 17.8. The van der Waals surface area contributed by atoms with Gasteiger partial charge in [0.15, 0.2) is 0 Å². The quantitative estimate of drug-likeness (QED) is 0.611. The minimum atomic E-state index is 0.493. The average molecular weight is 353 g/mol.